The Hall–Kier alpha value is -1.52. The first-order chi connectivity index (χ1) is 7.59. The lowest BCUT2D eigenvalue weighted by Crippen LogP contribution is -1.99. The maximum Gasteiger partial charge on any atom is 0.357 e. The summed E-state index contributed by atoms with van der Waals surface area (Å²) in [4.78, 5) is 10.9. The van der Waals surface area contributed by atoms with Crippen molar-refractivity contribution < 1.29 is 9.90 Å². The first-order valence-electron chi connectivity index (χ1n) is 4.32. The summed E-state index contributed by atoms with van der Waals surface area (Å²) in [5, 5.41) is 15.9. The Bertz CT molecular complexity index is 552. The van der Waals surface area contributed by atoms with Crippen molar-refractivity contribution in [3.05, 3.63) is 40.1 Å². The molecule has 2 rings (SSSR count). The van der Waals surface area contributed by atoms with Crippen molar-refractivity contribution in [1.29, 1.82) is 0 Å². The molecule has 1 heterocycles. The first-order valence-corrected chi connectivity index (χ1v) is 5.07. The van der Waals surface area contributed by atoms with Crippen LogP contribution in [-0.2, 0) is 0 Å². The van der Waals surface area contributed by atoms with E-state index in [1.807, 2.05) is 0 Å². The molecule has 0 saturated carbocycles. The second-order valence-corrected chi connectivity index (χ2v) is 3.92. The highest BCUT2D eigenvalue weighted by atomic mass is 35.5. The van der Waals surface area contributed by atoms with E-state index in [4.69, 9.17) is 28.3 Å². The fourth-order valence-corrected chi connectivity index (χ4v) is 1.88. The van der Waals surface area contributed by atoms with Crippen molar-refractivity contribution in [2.45, 2.75) is 0 Å². The predicted octanol–water partition coefficient (Wildman–Crippen LogP) is 3.08. The molecule has 82 valence electrons. The lowest BCUT2D eigenvalue weighted by atomic mass is 10.1. The number of benzene rings is 1. The lowest BCUT2D eigenvalue weighted by Gasteiger charge is -2.02. The van der Waals surface area contributed by atoms with Crippen molar-refractivity contribution in [3.8, 4) is 11.1 Å². The van der Waals surface area contributed by atoms with Crippen molar-refractivity contribution in [2.75, 3.05) is 0 Å². The number of aromatic amines is 1. The van der Waals surface area contributed by atoms with Crippen LogP contribution in [0.1, 0.15) is 10.5 Å². The minimum absolute atomic E-state index is 0.0655. The van der Waals surface area contributed by atoms with Gasteiger partial charge in [0.15, 0.2) is 5.69 Å². The second-order valence-electron chi connectivity index (χ2n) is 3.08. The Kier molecular flexibility index (Phi) is 2.85. The number of halogens is 2. The number of carboxylic acids is 1. The Morgan fingerprint density at radius 3 is 2.69 bits per heavy atom. The van der Waals surface area contributed by atoms with Gasteiger partial charge in [-0.15, -0.1) is 0 Å². The van der Waals surface area contributed by atoms with Gasteiger partial charge in [0.05, 0.1) is 5.02 Å². The third-order valence-corrected chi connectivity index (χ3v) is 2.61. The van der Waals surface area contributed by atoms with Crippen molar-refractivity contribution in [2.24, 2.45) is 0 Å². The van der Waals surface area contributed by atoms with E-state index >= 15 is 0 Å². The van der Waals surface area contributed by atoms with Crippen LogP contribution in [0.4, 0.5) is 0 Å². The van der Waals surface area contributed by atoms with Crippen molar-refractivity contribution >= 4 is 29.2 Å². The van der Waals surface area contributed by atoms with E-state index in [1.54, 1.807) is 18.2 Å². The fraction of sp³-hybridized carbons (Fsp3) is 0. The normalized spacial score (nSPS) is 10.4. The molecule has 0 atom stereocenters. The van der Waals surface area contributed by atoms with Crippen molar-refractivity contribution in [1.82, 2.24) is 10.2 Å². The Morgan fingerprint density at radius 1 is 1.31 bits per heavy atom. The van der Waals surface area contributed by atoms with E-state index in [0.29, 0.717) is 21.2 Å². The molecule has 6 heteroatoms. The SMILES string of the molecule is O=C(O)c1n[nH]cc1-c1ccc(Cl)cc1Cl. The van der Waals surface area contributed by atoms with E-state index in [-0.39, 0.29) is 5.69 Å². The smallest absolute Gasteiger partial charge is 0.357 e. The van der Waals surface area contributed by atoms with Gasteiger partial charge in [-0.25, -0.2) is 4.79 Å². The summed E-state index contributed by atoms with van der Waals surface area (Å²) in [6.07, 6.45) is 1.48. The molecule has 1 aromatic carbocycles. The van der Waals surface area contributed by atoms with Crippen LogP contribution in [0.5, 0.6) is 0 Å². The van der Waals surface area contributed by atoms with Gasteiger partial charge in [-0.3, -0.25) is 5.10 Å². The van der Waals surface area contributed by atoms with Crippen LogP contribution in [-0.4, -0.2) is 21.3 Å². The van der Waals surface area contributed by atoms with E-state index in [0.717, 1.165) is 0 Å². The Balaban J connectivity index is 2.59. The molecule has 0 aliphatic heterocycles. The largest absolute Gasteiger partial charge is 0.476 e. The van der Waals surface area contributed by atoms with E-state index in [2.05, 4.69) is 10.2 Å². The number of H-pyrrole nitrogens is 1. The summed E-state index contributed by atoms with van der Waals surface area (Å²) in [5.41, 5.74) is 0.954. The highest BCUT2D eigenvalue weighted by molar-refractivity contribution is 6.36. The number of carboxylic acid groups (broad SMARTS) is 1. The molecule has 0 unspecified atom stereocenters. The first kappa shape index (κ1) is 11.0. The quantitative estimate of drug-likeness (QED) is 0.868. The number of hydrogen-bond acceptors (Lipinski definition) is 2. The molecular formula is C10H6Cl2N2O2. The highest BCUT2D eigenvalue weighted by Gasteiger charge is 2.16. The summed E-state index contributed by atoms with van der Waals surface area (Å²) < 4.78 is 0. The zero-order chi connectivity index (χ0) is 11.7. The van der Waals surface area contributed by atoms with Gasteiger partial charge in [0, 0.05) is 22.3 Å². The van der Waals surface area contributed by atoms with Crippen molar-refractivity contribution in [3.63, 3.8) is 0 Å². The maximum absolute atomic E-state index is 10.9. The zero-order valence-corrected chi connectivity index (χ0v) is 9.38. The molecule has 2 N–H and O–H groups in total. The maximum atomic E-state index is 10.9. The van der Waals surface area contributed by atoms with Gasteiger partial charge in [0.1, 0.15) is 0 Å². The van der Waals surface area contributed by atoms with Crippen LogP contribution in [0.3, 0.4) is 0 Å². The average molecular weight is 257 g/mol. The number of hydrogen-bond donors (Lipinski definition) is 2. The molecule has 16 heavy (non-hydrogen) atoms. The van der Waals surface area contributed by atoms with Crippen LogP contribution in [0.2, 0.25) is 10.0 Å². The molecule has 0 bridgehead atoms. The summed E-state index contributed by atoms with van der Waals surface area (Å²) in [6.45, 7) is 0. The monoisotopic (exact) mass is 256 g/mol. The molecule has 0 radical (unpaired) electrons. The minimum Gasteiger partial charge on any atom is -0.476 e. The molecule has 4 nitrogen and oxygen atoms in total. The van der Waals surface area contributed by atoms with Crippen LogP contribution in [0, 0.1) is 0 Å². The Labute approximate surface area is 101 Å². The number of rotatable bonds is 2. The van der Waals surface area contributed by atoms with Crippen LogP contribution in [0.25, 0.3) is 11.1 Å². The molecule has 0 fully saturated rings. The van der Waals surface area contributed by atoms with Gasteiger partial charge < -0.3 is 5.11 Å². The third kappa shape index (κ3) is 1.89. The molecule has 0 aliphatic rings. The summed E-state index contributed by atoms with van der Waals surface area (Å²) in [7, 11) is 0. The number of nitrogens with one attached hydrogen (secondary N) is 1. The standard InChI is InChI=1S/C10H6Cl2N2O2/c11-5-1-2-6(8(12)3-5)7-4-13-14-9(7)10(15)16/h1-4H,(H,13,14)(H,15,16). The third-order valence-electron chi connectivity index (χ3n) is 2.06. The van der Waals surface area contributed by atoms with Gasteiger partial charge in [0.2, 0.25) is 0 Å². The molecule has 0 spiro atoms. The molecule has 2 aromatic rings. The predicted molar refractivity (Wildman–Crippen MR) is 61.0 cm³/mol. The highest BCUT2D eigenvalue weighted by Crippen LogP contribution is 2.31. The minimum atomic E-state index is -1.11. The molecule has 0 amide bonds. The summed E-state index contributed by atoms with van der Waals surface area (Å²) >= 11 is 11.7. The topological polar surface area (TPSA) is 66.0 Å². The summed E-state index contributed by atoms with van der Waals surface area (Å²) in [5.74, 6) is -1.11. The average Bonchev–Trinajstić information content (AvgIpc) is 2.66. The molecular weight excluding hydrogens is 251 g/mol. The van der Waals surface area contributed by atoms with Crippen LogP contribution >= 0.6 is 23.2 Å². The summed E-state index contributed by atoms with van der Waals surface area (Å²) in [6, 6.07) is 4.85. The van der Waals surface area contributed by atoms with Gasteiger partial charge in [-0.1, -0.05) is 29.3 Å². The van der Waals surface area contributed by atoms with Gasteiger partial charge >= 0.3 is 5.97 Å². The van der Waals surface area contributed by atoms with E-state index in [9.17, 15) is 4.79 Å². The zero-order valence-electron chi connectivity index (χ0n) is 7.87. The second kappa shape index (κ2) is 4.15. The van der Waals surface area contributed by atoms with Gasteiger partial charge in [0.25, 0.3) is 0 Å². The lowest BCUT2D eigenvalue weighted by molar-refractivity contribution is 0.0691. The molecule has 1 aromatic heterocycles. The van der Waals surface area contributed by atoms with E-state index in [1.165, 1.54) is 6.20 Å². The van der Waals surface area contributed by atoms with E-state index < -0.39 is 5.97 Å². The Morgan fingerprint density at radius 2 is 2.06 bits per heavy atom. The van der Waals surface area contributed by atoms with Gasteiger partial charge in [-0.2, -0.15) is 5.10 Å². The number of nitrogens with zero attached hydrogens (tertiary/aromatic N) is 1. The number of aromatic nitrogens is 2. The molecule has 0 saturated heterocycles. The fourth-order valence-electron chi connectivity index (χ4n) is 1.37. The van der Waals surface area contributed by atoms with Crippen LogP contribution in [0.15, 0.2) is 24.4 Å². The molecule has 0 aliphatic carbocycles. The number of aromatic carboxylic acids is 1. The van der Waals surface area contributed by atoms with Crippen LogP contribution < -0.4 is 0 Å². The van der Waals surface area contributed by atoms with Gasteiger partial charge in [-0.05, 0) is 12.1 Å². The number of carbonyl (C=O) groups is 1.